The molecule has 0 spiro atoms. The van der Waals surface area contributed by atoms with Crippen LogP contribution < -0.4 is 20.9 Å². The van der Waals surface area contributed by atoms with Crippen molar-refractivity contribution in [2.75, 3.05) is 6.61 Å². The Hall–Kier alpha value is -2.03. The maximum absolute atomic E-state index is 12.8. The van der Waals surface area contributed by atoms with Crippen LogP contribution in [0.15, 0.2) is 52.2 Å². The Kier molecular flexibility index (Phi) is 10.7. The highest BCUT2D eigenvalue weighted by atomic mass is 32.5. The van der Waals surface area contributed by atoms with Gasteiger partial charge in [-0.05, 0) is 77.4 Å². The molecule has 1 aliphatic heterocycles. The second kappa shape index (κ2) is 13.7. The van der Waals surface area contributed by atoms with Crippen LogP contribution in [0, 0.1) is 0 Å². The van der Waals surface area contributed by atoms with Crippen molar-refractivity contribution in [2.24, 2.45) is 0 Å². The molecule has 0 bridgehead atoms. The number of carbonyl (C=O) groups excluding carboxylic acids is 1. The summed E-state index contributed by atoms with van der Waals surface area (Å²) >= 11 is 9.93. The summed E-state index contributed by atoms with van der Waals surface area (Å²) in [4.78, 5) is 39.4. The molecule has 1 unspecified atom stereocenters. The summed E-state index contributed by atoms with van der Waals surface area (Å²) in [6, 6.07) is 9.32. The molecule has 1 aliphatic carbocycles. The number of thiol groups is 1. The maximum atomic E-state index is 12.8. The highest BCUT2D eigenvalue weighted by Crippen LogP contribution is 2.50. The molecule has 0 amide bonds. The molecule has 2 N–H and O–H groups in total. The van der Waals surface area contributed by atoms with Crippen molar-refractivity contribution >= 4 is 37.3 Å². The van der Waals surface area contributed by atoms with Gasteiger partial charge in [0.1, 0.15) is 17.4 Å². The molecule has 232 valence electrons. The Morgan fingerprint density at radius 2 is 1.90 bits per heavy atom. The quantitative estimate of drug-likeness (QED) is 0.0961. The number of benzene rings is 1. The van der Waals surface area contributed by atoms with Crippen LogP contribution in [0.5, 0.6) is 5.75 Å². The van der Waals surface area contributed by atoms with Gasteiger partial charge in [-0.2, -0.15) is 0 Å². The minimum absolute atomic E-state index is 0.0503. The van der Waals surface area contributed by atoms with Crippen molar-refractivity contribution in [1.29, 1.82) is 0 Å². The first-order valence-corrected chi connectivity index (χ1v) is 16.8. The SMILES string of the molecule is CC(C)OC(=O)[C@H](C)NP(=S)(OC[C@@H]1C[C@@](C)(OC2(OS)CCCC2)[C@H](n2ccc(=O)[nH]c2=O)O1)Oc1ccccc1. The molecule has 2 fully saturated rings. The highest BCUT2D eigenvalue weighted by Gasteiger charge is 2.53. The van der Waals surface area contributed by atoms with Gasteiger partial charge in [-0.25, -0.2) is 9.88 Å². The van der Waals surface area contributed by atoms with Crippen LogP contribution in [-0.4, -0.2) is 51.8 Å². The number of H-pyrrole nitrogens is 1. The lowest BCUT2D eigenvalue weighted by Gasteiger charge is -2.39. The van der Waals surface area contributed by atoms with Crippen LogP contribution in [0.1, 0.15) is 66.0 Å². The fourth-order valence-corrected chi connectivity index (χ4v) is 7.81. The molecule has 42 heavy (non-hydrogen) atoms. The fourth-order valence-electron chi connectivity index (χ4n) is 5.16. The first kappa shape index (κ1) is 32.9. The number of para-hydroxylation sites is 1. The summed E-state index contributed by atoms with van der Waals surface area (Å²) < 4.78 is 37.4. The number of aromatic amines is 1. The summed E-state index contributed by atoms with van der Waals surface area (Å²) in [7, 11) is 0. The molecule has 15 heteroatoms. The fraction of sp³-hybridized carbons (Fsp3) is 0.593. The number of carbonyl (C=O) groups is 1. The molecule has 1 aromatic carbocycles. The zero-order chi connectivity index (χ0) is 30.5. The van der Waals surface area contributed by atoms with Crippen LogP contribution in [0.2, 0.25) is 0 Å². The summed E-state index contributed by atoms with van der Waals surface area (Å²) in [6.45, 7) is 3.57. The number of hydrogen-bond donors (Lipinski definition) is 3. The summed E-state index contributed by atoms with van der Waals surface area (Å²) in [5.41, 5.74) is -2.25. The third-order valence-corrected chi connectivity index (χ3v) is 9.82. The van der Waals surface area contributed by atoms with E-state index in [0.29, 0.717) is 18.6 Å². The standard InChI is InChI=1S/C27H38N3O9PS2/c1-18(2)35-23(32)19(3)29-40(42,37-20-10-6-5-7-11-20)34-17-21-16-26(4,38-27(39-41)13-8-9-14-27)24(36-21)30-15-12-22(31)28-25(30)33/h5-7,10-12,15,18-19,21,24,41H,8-9,13-14,16-17H2,1-4H3,(H,29,42)(H,28,31,33)/t19-,21-,24+,26+,40?/m0/s1. The number of esters is 1. The van der Waals surface area contributed by atoms with Crippen LogP contribution in [-0.2, 0) is 39.5 Å². The molecule has 1 aromatic heterocycles. The molecule has 5 atom stereocenters. The Morgan fingerprint density at radius 3 is 2.52 bits per heavy atom. The Balaban J connectivity index is 1.57. The van der Waals surface area contributed by atoms with Gasteiger partial charge in [-0.3, -0.25) is 23.3 Å². The van der Waals surface area contributed by atoms with E-state index in [1.165, 1.54) is 16.8 Å². The molecule has 2 aliphatic rings. The summed E-state index contributed by atoms with van der Waals surface area (Å²) in [5, 5.41) is 3.02. The Bertz CT molecular complexity index is 1380. The van der Waals surface area contributed by atoms with Crippen molar-refractivity contribution in [1.82, 2.24) is 14.6 Å². The van der Waals surface area contributed by atoms with Crippen molar-refractivity contribution in [3.8, 4) is 5.75 Å². The van der Waals surface area contributed by atoms with E-state index in [1.807, 2.05) is 13.0 Å². The van der Waals surface area contributed by atoms with E-state index >= 15 is 0 Å². The molecule has 0 radical (unpaired) electrons. The summed E-state index contributed by atoms with van der Waals surface area (Å²) in [6.07, 6.45) is 2.85. The van der Waals surface area contributed by atoms with Gasteiger partial charge in [0.15, 0.2) is 12.0 Å². The van der Waals surface area contributed by atoms with Gasteiger partial charge < -0.3 is 23.3 Å². The molecule has 12 nitrogen and oxygen atoms in total. The van der Waals surface area contributed by atoms with E-state index in [9.17, 15) is 14.4 Å². The number of aromatic nitrogens is 2. The molecular formula is C27H38N3O9PS2. The lowest BCUT2D eigenvalue weighted by molar-refractivity contribution is -0.257. The smallest absolute Gasteiger partial charge is 0.330 e. The van der Waals surface area contributed by atoms with Crippen LogP contribution in [0.3, 0.4) is 0 Å². The van der Waals surface area contributed by atoms with Crippen molar-refractivity contribution < 1.29 is 32.2 Å². The zero-order valence-electron chi connectivity index (χ0n) is 24.0. The predicted octanol–water partition coefficient (Wildman–Crippen LogP) is 3.98. The number of rotatable bonds is 13. The second-order valence-corrected chi connectivity index (χ2v) is 14.3. The second-order valence-electron chi connectivity index (χ2n) is 11.0. The Labute approximate surface area is 255 Å². The molecular weight excluding hydrogens is 605 g/mol. The van der Waals surface area contributed by atoms with Gasteiger partial charge in [0.25, 0.3) is 5.56 Å². The Morgan fingerprint density at radius 1 is 1.21 bits per heavy atom. The van der Waals surface area contributed by atoms with Crippen molar-refractivity contribution in [2.45, 2.75) is 95.7 Å². The summed E-state index contributed by atoms with van der Waals surface area (Å²) in [5.74, 6) is -0.992. The largest absolute Gasteiger partial charge is 0.462 e. The number of hydrogen-bond acceptors (Lipinski definition) is 11. The third-order valence-electron chi connectivity index (χ3n) is 6.99. The molecule has 2 heterocycles. The predicted molar refractivity (Wildman–Crippen MR) is 162 cm³/mol. The van der Waals surface area contributed by atoms with E-state index in [4.69, 9.17) is 39.2 Å². The average Bonchev–Trinajstić information content (AvgIpc) is 3.52. The first-order chi connectivity index (χ1) is 19.9. The van der Waals surface area contributed by atoms with Gasteiger partial charge in [0.2, 0.25) is 0 Å². The first-order valence-electron chi connectivity index (χ1n) is 13.8. The van der Waals surface area contributed by atoms with Crippen LogP contribution in [0.4, 0.5) is 0 Å². The van der Waals surface area contributed by atoms with Crippen molar-refractivity contribution in [3.63, 3.8) is 0 Å². The lowest BCUT2D eigenvalue weighted by atomic mass is 9.98. The van der Waals surface area contributed by atoms with E-state index in [1.54, 1.807) is 45.0 Å². The van der Waals surface area contributed by atoms with Gasteiger partial charge in [-0.15, -0.1) is 0 Å². The van der Waals surface area contributed by atoms with Gasteiger partial charge in [-0.1, -0.05) is 18.2 Å². The minimum Gasteiger partial charge on any atom is -0.462 e. The number of nitrogens with one attached hydrogen (secondary N) is 2. The minimum atomic E-state index is -3.34. The van der Waals surface area contributed by atoms with E-state index in [2.05, 4.69) is 23.0 Å². The third kappa shape index (κ3) is 8.11. The van der Waals surface area contributed by atoms with E-state index in [0.717, 1.165) is 12.8 Å². The molecule has 1 saturated heterocycles. The highest BCUT2D eigenvalue weighted by molar-refractivity contribution is 8.09. The maximum Gasteiger partial charge on any atom is 0.330 e. The molecule has 4 rings (SSSR count). The van der Waals surface area contributed by atoms with E-state index < -0.39 is 53.6 Å². The van der Waals surface area contributed by atoms with Gasteiger partial charge in [0.05, 0.1) is 18.8 Å². The molecule has 1 saturated carbocycles. The zero-order valence-corrected chi connectivity index (χ0v) is 26.6. The topological polar surface area (TPSA) is 139 Å². The van der Waals surface area contributed by atoms with Crippen LogP contribution in [0.25, 0.3) is 0 Å². The van der Waals surface area contributed by atoms with Crippen LogP contribution >= 0.6 is 19.6 Å². The van der Waals surface area contributed by atoms with E-state index in [-0.39, 0.29) is 19.1 Å². The monoisotopic (exact) mass is 643 g/mol. The normalized spacial score (nSPS) is 25.7. The number of ether oxygens (including phenoxy) is 3. The van der Waals surface area contributed by atoms with Gasteiger partial charge >= 0.3 is 18.3 Å². The van der Waals surface area contributed by atoms with Crippen molar-refractivity contribution in [3.05, 3.63) is 63.4 Å². The van der Waals surface area contributed by atoms with Gasteiger partial charge in [0, 0.05) is 31.5 Å². The molecule has 2 aromatic rings. The lowest BCUT2D eigenvalue weighted by Crippen LogP contribution is -2.47. The average molecular weight is 644 g/mol. The number of nitrogens with zero attached hydrogens (tertiary/aromatic N) is 1.